The fourth-order valence-corrected chi connectivity index (χ4v) is 2.99. The standard InChI is InChI=1S/C22H19N3O3/c1-3-18-14(2)21(17-6-4-5-7-19(17)25-18)22(27)28-13-20(26)24-16-10-8-15(12-23)9-11-16/h4-11H,3,13H2,1-2H3,(H,24,26). The monoisotopic (exact) mass is 373 g/mol. The number of hydrogen-bond acceptors (Lipinski definition) is 5. The van der Waals surface area contributed by atoms with Crippen LogP contribution >= 0.6 is 0 Å². The van der Waals surface area contributed by atoms with Gasteiger partial charge in [0.1, 0.15) is 0 Å². The number of nitrogens with one attached hydrogen (secondary N) is 1. The molecule has 0 unspecified atom stereocenters. The Morgan fingerprint density at radius 1 is 1.14 bits per heavy atom. The molecule has 0 aliphatic carbocycles. The molecular weight excluding hydrogens is 354 g/mol. The predicted octanol–water partition coefficient (Wildman–Crippen LogP) is 3.77. The van der Waals surface area contributed by atoms with Gasteiger partial charge >= 0.3 is 5.97 Å². The molecule has 0 radical (unpaired) electrons. The molecule has 3 aromatic rings. The quantitative estimate of drug-likeness (QED) is 0.687. The Morgan fingerprint density at radius 2 is 1.86 bits per heavy atom. The molecule has 0 aliphatic rings. The highest BCUT2D eigenvalue weighted by atomic mass is 16.5. The van der Waals surface area contributed by atoms with Gasteiger partial charge in [0.05, 0.1) is 22.7 Å². The van der Waals surface area contributed by atoms with E-state index in [1.807, 2.05) is 44.2 Å². The van der Waals surface area contributed by atoms with Gasteiger partial charge in [0, 0.05) is 16.8 Å². The normalized spacial score (nSPS) is 10.3. The number of rotatable bonds is 5. The molecule has 1 heterocycles. The molecule has 3 rings (SSSR count). The molecule has 28 heavy (non-hydrogen) atoms. The number of esters is 1. The number of para-hydroxylation sites is 1. The van der Waals surface area contributed by atoms with Crippen molar-refractivity contribution in [3.63, 3.8) is 0 Å². The average molecular weight is 373 g/mol. The molecule has 140 valence electrons. The Hall–Kier alpha value is -3.72. The molecule has 0 bridgehead atoms. The molecule has 1 amide bonds. The summed E-state index contributed by atoms with van der Waals surface area (Å²) in [5.74, 6) is -1.01. The van der Waals surface area contributed by atoms with Crippen molar-refractivity contribution in [3.05, 3.63) is 70.9 Å². The summed E-state index contributed by atoms with van der Waals surface area (Å²) in [6, 6.07) is 15.8. The Labute approximate surface area is 162 Å². The third kappa shape index (κ3) is 3.99. The third-order valence-corrected chi connectivity index (χ3v) is 4.41. The molecule has 6 nitrogen and oxygen atoms in total. The summed E-state index contributed by atoms with van der Waals surface area (Å²) in [6.07, 6.45) is 0.691. The van der Waals surface area contributed by atoms with E-state index < -0.39 is 18.5 Å². The van der Waals surface area contributed by atoms with Gasteiger partial charge < -0.3 is 10.1 Å². The lowest BCUT2D eigenvalue weighted by Gasteiger charge is -2.13. The zero-order chi connectivity index (χ0) is 20.1. The number of benzene rings is 2. The number of hydrogen-bond donors (Lipinski definition) is 1. The van der Waals surface area contributed by atoms with Crippen LogP contribution in [0.2, 0.25) is 0 Å². The number of amides is 1. The minimum atomic E-state index is -0.555. The van der Waals surface area contributed by atoms with Crippen LogP contribution in [0.25, 0.3) is 10.9 Å². The van der Waals surface area contributed by atoms with Crippen molar-refractivity contribution in [2.75, 3.05) is 11.9 Å². The summed E-state index contributed by atoms with van der Waals surface area (Å²) in [6.45, 7) is 3.41. The van der Waals surface area contributed by atoms with E-state index in [0.29, 0.717) is 28.6 Å². The molecule has 0 saturated carbocycles. The molecule has 0 saturated heterocycles. The van der Waals surface area contributed by atoms with E-state index in [4.69, 9.17) is 10.00 Å². The van der Waals surface area contributed by atoms with Crippen molar-refractivity contribution < 1.29 is 14.3 Å². The molecule has 1 aromatic heterocycles. The van der Waals surface area contributed by atoms with Crippen LogP contribution in [0.15, 0.2) is 48.5 Å². The Bertz CT molecular complexity index is 1080. The first-order valence-electron chi connectivity index (χ1n) is 8.88. The number of pyridine rings is 1. The summed E-state index contributed by atoms with van der Waals surface area (Å²) >= 11 is 0. The zero-order valence-electron chi connectivity index (χ0n) is 15.7. The maximum Gasteiger partial charge on any atom is 0.339 e. The van der Waals surface area contributed by atoms with Crippen molar-refractivity contribution in [2.24, 2.45) is 0 Å². The van der Waals surface area contributed by atoms with Crippen LogP contribution < -0.4 is 5.32 Å². The zero-order valence-corrected chi connectivity index (χ0v) is 15.7. The minimum Gasteiger partial charge on any atom is -0.452 e. The fraction of sp³-hybridized carbons (Fsp3) is 0.182. The van der Waals surface area contributed by atoms with Crippen molar-refractivity contribution in [2.45, 2.75) is 20.3 Å². The second-order valence-corrected chi connectivity index (χ2v) is 6.24. The molecule has 1 N–H and O–H groups in total. The average Bonchev–Trinajstić information content (AvgIpc) is 2.72. The van der Waals surface area contributed by atoms with Crippen LogP contribution in [0.3, 0.4) is 0 Å². The van der Waals surface area contributed by atoms with Gasteiger partial charge in [-0.25, -0.2) is 4.79 Å². The van der Waals surface area contributed by atoms with Crippen molar-refractivity contribution >= 4 is 28.5 Å². The molecule has 0 spiro atoms. The smallest absolute Gasteiger partial charge is 0.339 e. The van der Waals surface area contributed by atoms with E-state index in [0.717, 1.165) is 16.8 Å². The Kier molecular flexibility index (Phi) is 5.66. The van der Waals surface area contributed by atoms with E-state index in [1.165, 1.54) is 0 Å². The molecule has 0 aliphatic heterocycles. The lowest BCUT2D eigenvalue weighted by atomic mass is 10.0. The molecule has 0 atom stereocenters. The SMILES string of the molecule is CCc1nc2ccccc2c(C(=O)OCC(=O)Nc2ccc(C#N)cc2)c1C. The van der Waals surface area contributed by atoms with E-state index in [2.05, 4.69) is 10.3 Å². The summed E-state index contributed by atoms with van der Waals surface area (Å²) in [7, 11) is 0. The van der Waals surface area contributed by atoms with Crippen LogP contribution in [0.4, 0.5) is 5.69 Å². The highest BCUT2D eigenvalue weighted by Gasteiger charge is 2.19. The third-order valence-electron chi connectivity index (χ3n) is 4.41. The number of carbonyl (C=O) groups excluding carboxylic acids is 2. The molecule has 0 fully saturated rings. The Morgan fingerprint density at radius 3 is 2.54 bits per heavy atom. The number of ether oxygens (including phenoxy) is 1. The topological polar surface area (TPSA) is 92.1 Å². The first-order valence-corrected chi connectivity index (χ1v) is 8.88. The summed E-state index contributed by atoms with van der Waals surface area (Å²) in [5.41, 5.74) is 3.77. The number of carbonyl (C=O) groups is 2. The van der Waals surface area contributed by atoms with Gasteiger partial charge in [-0.05, 0) is 49.2 Å². The number of nitrogens with zero attached hydrogens (tertiary/aromatic N) is 2. The fourth-order valence-electron chi connectivity index (χ4n) is 2.99. The van der Waals surface area contributed by atoms with Gasteiger partial charge in [0.25, 0.3) is 5.91 Å². The van der Waals surface area contributed by atoms with Crippen molar-refractivity contribution in [3.8, 4) is 6.07 Å². The van der Waals surface area contributed by atoms with Crippen molar-refractivity contribution in [1.29, 1.82) is 5.26 Å². The van der Waals surface area contributed by atoms with Crippen LogP contribution in [-0.2, 0) is 16.0 Å². The van der Waals surface area contributed by atoms with E-state index in [9.17, 15) is 9.59 Å². The maximum atomic E-state index is 12.7. The first-order chi connectivity index (χ1) is 13.5. The van der Waals surface area contributed by atoms with Gasteiger partial charge in [-0.1, -0.05) is 25.1 Å². The van der Waals surface area contributed by atoms with Crippen LogP contribution in [0, 0.1) is 18.3 Å². The number of nitriles is 1. The van der Waals surface area contributed by atoms with Gasteiger partial charge in [0.15, 0.2) is 6.61 Å². The van der Waals surface area contributed by atoms with E-state index in [1.54, 1.807) is 24.3 Å². The van der Waals surface area contributed by atoms with E-state index in [-0.39, 0.29) is 0 Å². The molecular formula is C22H19N3O3. The highest BCUT2D eigenvalue weighted by Crippen LogP contribution is 2.24. The number of aromatic nitrogens is 1. The molecule has 2 aromatic carbocycles. The van der Waals surface area contributed by atoms with Gasteiger partial charge in [-0.2, -0.15) is 5.26 Å². The first kappa shape index (κ1) is 19.1. The second-order valence-electron chi connectivity index (χ2n) is 6.24. The second kappa shape index (κ2) is 8.31. The predicted molar refractivity (Wildman–Crippen MR) is 106 cm³/mol. The van der Waals surface area contributed by atoms with Crippen LogP contribution in [-0.4, -0.2) is 23.5 Å². The number of fused-ring (bicyclic) bond motifs is 1. The largest absolute Gasteiger partial charge is 0.452 e. The van der Waals surface area contributed by atoms with Gasteiger partial charge in [-0.15, -0.1) is 0 Å². The lowest BCUT2D eigenvalue weighted by Crippen LogP contribution is -2.21. The lowest BCUT2D eigenvalue weighted by molar-refractivity contribution is -0.119. The minimum absolute atomic E-state index is 0.406. The van der Waals surface area contributed by atoms with E-state index >= 15 is 0 Å². The van der Waals surface area contributed by atoms with Gasteiger partial charge in [-0.3, -0.25) is 9.78 Å². The summed E-state index contributed by atoms with van der Waals surface area (Å²) in [4.78, 5) is 29.4. The van der Waals surface area contributed by atoms with Gasteiger partial charge in [0.2, 0.25) is 0 Å². The van der Waals surface area contributed by atoms with Crippen LogP contribution in [0.5, 0.6) is 0 Å². The van der Waals surface area contributed by atoms with Crippen molar-refractivity contribution in [1.82, 2.24) is 4.98 Å². The Balaban J connectivity index is 1.75. The summed E-state index contributed by atoms with van der Waals surface area (Å²) < 4.78 is 5.26. The number of anilines is 1. The number of aryl methyl sites for hydroxylation is 1. The highest BCUT2D eigenvalue weighted by molar-refractivity contribution is 6.05. The molecule has 6 heteroatoms. The van der Waals surface area contributed by atoms with Crippen LogP contribution in [0.1, 0.15) is 34.1 Å². The summed E-state index contributed by atoms with van der Waals surface area (Å²) in [5, 5.41) is 12.1. The maximum absolute atomic E-state index is 12.7.